The van der Waals surface area contributed by atoms with Gasteiger partial charge >= 0.3 is 0 Å². The number of rotatable bonds is 0. The van der Waals surface area contributed by atoms with Crippen LogP contribution in [0.1, 0.15) is 13.8 Å². The standard InChI is InChI=1S/C5H9NO2.C2H6.CH5N/c1-6-2-3-8-4-5(6)7;2*1-2/h2-4H2,1H3;1-2H3;2H2,1H3. The molecule has 1 aliphatic rings. The van der Waals surface area contributed by atoms with Crippen molar-refractivity contribution < 1.29 is 9.53 Å². The van der Waals surface area contributed by atoms with Gasteiger partial charge in [0.2, 0.25) is 5.91 Å². The van der Waals surface area contributed by atoms with Gasteiger partial charge in [0.1, 0.15) is 6.61 Å². The number of nitrogens with two attached hydrogens (primary N) is 1. The molecule has 0 aromatic carbocycles. The van der Waals surface area contributed by atoms with E-state index in [0.717, 1.165) is 6.54 Å². The first kappa shape index (κ1) is 13.9. The van der Waals surface area contributed by atoms with Gasteiger partial charge < -0.3 is 15.4 Å². The molecular weight excluding hydrogens is 156 g/mol. The summed E-state index contributed by atoms with van der Waals surface area (Å²) in [6.07, 6.45) is 0. The second-order valence-electron chi connectivity index (χ2n) is 1.87. The van der Waals surface area contributed by atoms with Crippen molar-refractivity contribution in [2.75, 3.05) is 33.9 Å². The fraction of sp³-hybridized carbons (Fsp3) is 0.875. The Kier molecular flexibility index (Phi) is 12.1. The fourth-order valence-corrected chi connectivity index (χ4v) is 0.596. The molecule has 0 unspecified atom stereocenters. The predicted octanol–water partition coefficient (Wildman–Crippen LogP) is 0.0761. The van der Waals surface area contributed by atoms with Gasteiger partial charge in [0, 0.05) is 13.6 Å². The minimum atomic E-state index is 0.0799. The van der Waals surface area contributed by atoms with Crippen molar-refractivity contribution in [2.45, 2.75) is 13.8 Å². The predicted molar refractivity (Wildman–Crippen MR) is 49.9 cm³/mol. The molecule has 0 saturated carbocycles. The number of hydrogen-bond acceptors (Lipinski definition) is 3. The van der Waals surface area contributed by atoms with Crippen molar-refractivity contribution in [2.24, 2.45) is 5.73 Å². The van der Waals surface area contributed by atoms with Gasteiger partial charge in [-0.2, -0.15) is 0 Å². The quantitative estimate of drug-likeness (QED) is 0.568. The Labute approximate surface area is 74.7 Å². The van der Waals surface area contributed by atoms with Crippen molar-refractivity contribution in [3.05, 3.63) is 0 Å². The van der Waals surface area contributed by atoms with Gasteiger partial charge in [-0.1, -0.05) is 13.8 Å². The topological polar surface area (TPSA) is 55.6 Å². The van der Waals surface area contributed by atoms with Gasteiger partial charge in [-0.05, 0) is 7.05 Å². The zero-order chi connectivity index (χ0) is 9.98. The lowest BCUT2D eigenvalue weighted by Gasteiger charge is -2.21. The Morgan fingerprint density at radius 1 is 1.42 bits per heavy atom. The molecule has 1 saturated heterocycles. The van der Waals surface area contributed by atoms with E-state index in [-0.39, 0.29) is 12.5 Å². The summed E-state index contributed by atoms with van der Waals surface area (Å²) in [5.74, 6) is 0.0799. The van der Waals surface area contributed by atoms with Crippen LogP contribution >= 0.6 is 0 Å². The molecule has 0 spiro atoms. The van der Waals surface area contributed by atoms with Gasteiger partial charge in [0.05, 0.1) is 6.61 Å². The van der Waals surface area contributed by atoms with Crippen LogP contribution in [-0.2, 0) is 9.53 Å². The molecule has 0 bridgehead atoms. The maximum atomic E-state index is 10.6. The first-order chi connectivity index (χ1) is 5.80. The lowest BCUT2D eigenvalue weighted by molar-refractivity contribution is -0.140. The molecule has 4 heteroatoms. The van der Waals surface area contributed by atoms with E-state index in [0.29, 0.717) is 6.61 Å². The van der Waals surface area contributed by atoms with Crippen LogP contribution < -0.4 is 5.73 Å². The van der Waals surface area contributed by atoms with Crippen molar-refractivity contribution in [1.82, 2.24) is 4.90 Å². The summed E-state index contributed by atoms with van der Waals surface area (Å²) >= 11 is 0. The number of likely N-dealkylation sites (N-methyl/N-ethyl adjacent to an activating group) is 1. The molecular formula is C8H20N2O2. The lowest BCUT2D eigenvalue weighted by atomic mass is 10.4. The van der Waals surface area contributed by atoms with E-state index >= 15 is 0 Å². The largest absolute Gasteiger partial charge is 0.370 e. The molecule has 4 nitrogen and oxygen atoms in total. The molecule has 1 fully saturated rings. The number of carbonyl (C=O) groups excluding carboxylic acids is 1. The second-order valence-corrected chi connectivity index (χ2v) is 1.87. The summed E-state index contributed by atoms with van der Waals surface area (Å²) in [4.78, 5) is 12.3. The number of amides is 1. The Hall–Kier alpha value is -0.610. The number of nitrogens with zero attached hydrogens (tertiary/aromatic N) is 1. The highest BCUT2D eigenvalue weighted by Crippen LogP contribution is 1.92. The van der Waals surface area contributed by atoms with E-state index in [1.54, 1.807) is 11.9 Å². The van der Waals surface area contributed by atoms with Crippen LogP contribution in [0.3, 0.4) is 0 Å². The lowest BCUT2D eigenvalue weighted by Crippen LogP contribution is -2.38. The number of carbonyl (C=O) groups is 1. The van der Waals surface area contributed by atoms with Crippen LogP contribution in [0.15, 0.2) is 0 Å². The van der Waals surface area contributed by atoms with Gasteiger partial charge in [0.25, 0.3) is 0 Å². The zero-order valence-corrected chi connectivity index (χ0v) is 8.46. The smallest absolute Gasteiger partial charge is 0.248 e. The molecule has 74 valence electrons. The maximum absolute atomic E-state index is 10.6. The molecule has 1 aliphatic heterocycles. The highest BCUT2D eigenvalue weighted by molar-refractivity contribution is 5.77. The molecule has 0 aromatic heterocycles. The van der Waals surface area contributed by atoms with E-state index in [9.17, 15) is 4.79 Å². The summed E-state index contributed by atoms with van der Waals surface area (Å²) in [5, 5.41) is 0. The van der Waals surface area contributed by atoms with Crippen LogP contribution in [0.25, 0.3) is 0 Å². The van der Waals surface area contributed by atoms with E-state index in [4.69, 9.17) is 4.74 Å². The van der Waals surface area contributed by atoms with Gasteiger partial charge in [-0.25, -0.2) is 0 Å². The monoisotopic (exact) mass is 176 g/mol. The van der Waals surface area contributed by atoms with Crippen LogP contribution in [0, 0.1) is 0 Å². The van der Waals surface area contributed by atoms with Crippen LogP contribution in [-0.4, -0.2) is 44.7 Å². The van der Waals surface area contributed by atoms with Gasteiger partial charge in [-0.15, -0.1) is 0 Å². The SMILES string of the molecule is CC.CN.CN1CCOCC1=O. The molecule has 0 aliphatic carbocycles. The molecule has 1 rings (SSSR count). The molecule has 0 radical (unpaired) electrons. The fourth-order valence-electron chi connectivity index (χ4n) is 0.596. The third-order valence-corrected chi connectivity index (χ3v) is 1.22. The Bertz CT molecular complexity index is 107. The second kappa shape index (κ2) is 10.4. The average Bonchev–Trinajstić information content (AvgIpc) is 2.17. The van der Waals surface area contributed by atoms with Crippen molar-refractivity contribution in [3.8, 4) is 0 Å². The van der Waals surface area contributed by atoms with E-state index in [1.165, 1.54) is 7.05 Å². The summed E-state index contributed by atoms with van der Waals surface area (Å²) in [6, 6.07) is 0. The summed E-state index contributed by atoms with van der Waals surface area (Å²) in [5.41, 5.74) is 4.50. The van der Waals surface area contributed by atoms with Crippen LogP contribution in [0.5, 0.6) is 0 Å². The van der Waals surface area contributed by atoms with Crippen molar-refractivity contribution in [3.63, 3.8) is 0 Å². The van der Waals surface area contributed by atoms with Gasteiger partial charge in [-0.3, -0.25) is 4.79 Å². The maximum Gasteiger partial charge on any atom is 0.248 e. The summed E-state index contributed by atoms with van der Waals surface area (Å²) < 4.78 is 4.86. The molecule has 2 N–H and O–H groups in total. The summed E-state index contributed by atoms with van der Waals surface area (Å²) in [7, 11) is 3.28. The highest BCUT2D eigenvalue weighted by Gasteiger charge is 2.12. The number of morpholine rings is 1. The minimum Gasteiger partial charge on any atom is -0.370 e. The average molecular weight is 176 g/mol. The van der Waals surface area contributed by atoms with E-state index < -0.39 is 0 Å². The molecule has 0 atom stereocenters. The van der Waals surface area contributed by atoms with Crippen molar-refractivity contribution >= 4 is 5.91 Å². The third-order valence-electron chi connectivity index (χ3n) is 1.22. The first-order valence-electron chi connectivity index (χ1n) is 4.20. The Balaban J connectivity index is 0. The normalized spacial score (nSPS) is 15.4. The Morgan fingerprint density at radius 2 is 1.92 bits per heavy atom. The van der Waals surface area contributed by atoms with E-state index in [1.807, 2.05) is 13.8 Å². The van der Waals surface area contributed by atoms with Crippen molar-refractivity contribution in [1.29, 1.82) is 0 Å². The van der Waals surface area contributed by atoms with Crippen LogP contribution in [0.2, 0.25) is 0 Å². The highest BCUT2D eigenvalue weighted by atomic mass is 16.5. The van der Waals surface area contributed by atoms with Crippen LogP contribution in [0.4, 0.5) is 0 Å². The number of hydrogen-bond donors (Lipinski definition) is 1. The minimum absolute atomic E-state index is 0.0799. The zero-order valence-electron chi connectivity index (χ0n) is 8.46. The molecule has 1 heterocycles. The number of ether oxygens (including phenoxy) is 1. The first-order valence-corrected chi connectivity index (χ1v) is 4.20. The molecule has 1 amide bonds. The van der Waals surface area contributed by atoms with E-state index in [2.05, 4.69) is 5.73 Å². The summed E-state index contributed by atoms with van der Waals surface area (Å²) in [6.45, 7) is 5.68. The molecule has 12 heavy (non-hydrogen) atoms. The third kappa shape index (κ3) is 6.12. The Morgan fingerprint density at radius 3 is 2.17 bits per heavy atom. The molecule has 0 aromatic rings. The van der Waals surface area contributed by atoms with Gasteiger partial charge in [0.15, 0.2) is 0 Å².